The molecule has 88 valence electrons. The Kier molecular flexibility index (Phi) is 3.43. The van der Waals surface area contributed by atoms with Crippen molar-refractivity contribution in [3.8, 4) is 5.88 Å². The highest BCUT2D eigenvalue weighted by Crippen LogP contribution is 2.23. The van der Waals surface area contributed by atoms with E-state index < -0.39 is 0 Å². The van der Waals surface area contributed by atoms with E-state index >= 15 is 0 Å². The van der Waals surface area contributed by atoms with E-state index in [-0.39, 0.29) is 5.91 Å². The predicted molar refractivity (Wildman–Crippen MR) is 65.2 cm³/mol. The lowest BCUT2D eigenvalue weighted by atomic mass is 10.3. The molecule has 0 fully saturated rings. The quantitative estimate of drug-likeness (QED) is 0.946. The molecule has 0 bridgehead atoms. The molecule has 0 atom stereocenters. The lowest BCUT2D eigenvalue weighted by Gasteiger charge is -2.07. The summed E-state index contributed by atoms with van der Waals surface area (Å²) in [5, 5.41) is 2.69. The van der Waals surface area contributed by atoms with Crippen molar-refractivity contribution in [3.63, 3.8) is 0 Å². The van der Waals surface area contributed by atoms with Gasteiger partial charge in [-0.25, -0.2) is 4.98 Å². The second-order valence-electron chi connectivity index (χ2n) is 3.12. The molecule has 0 saturated carbocycles. The molecule has 0 saturated heterocycles. The van der Waals surface area contributed by atoms with E-state index in [0.29, 0.717) is 21.8 Å². The molecule has 2 aromatic rings. The van der Waals surface area contributed by atoms with E-state index in [2.05, 4.69) is 26.2 Å². The number of nitrogens with zero attached hydrogens (tertiary/aromatic N) is 1. The molecule has 2 rings (SSSR count). The molecule has 0 aliphatic heterocycles. The SMILES string of the molecule is COc1ncccc1NC(=O)c1ccoc1Br. The third-order valence-corrected chi connectivity index (χ3v) is 2.69. The van der Waals surface area contributed by atoms with Crippen LogP contribution in [0.3, 0.4) is 0 Å². The highest BCUT2D eigenvalue weighted by molar-refractivity contribution is 9.10. The second-order valence-corrected chi connectivity index (χ2v) is 3.84. The fourth-order valence-corrected chi connectivity index (χ4v) is 1.71. The number of halogens is 1. The number of aromatic nitrogens is 1. The third kappa shape index (κ3) is 2.47. The molecule has 5 nitrogen and oxygen atoms in total. The number of carbonyl (C=O) groups is 1. The van der Waals surface area contributed by atoms with Crippen LogP contribution in [0.15, 0.2) is 39.7 Å². The van der Waals surface area contributed by atoms with Crippen LogP contribution in [0.1, 0.15) is 10.4 Å². The number of hydrogen-bond acceptors (Lipinski definition) is 4. The molecule has 0 unspecified atom stereocenters. The van der Waals surface area contributed by atoms with Crippen molar-refractivity contribution in [1.29, 1.82) is 0 Å². The highest BCUT2D eigenvalue weighted by atomic mass is 79.9. The summed E-state index contributed by atoms with van der Waals surface area (Å²) in [5.41, 5.74) is 0.920. The highest BCUT2D eigenvalue weighted by Gasteiger charge is 2.14. The molecule has 0 radical (unpaired) electrons. The van der Waals surface area contributed by atoms with Crippen LogP contribution < -0.4 is 10.1 Å². The van der Waals surface area contributed by atoms with E-state index in [9.17, 15) is 4.79 Å². The van der Waals surface area contributed by atoms with Gasteiger partial charge in [0.05, 0.1) is 18.9 Å². The topological polar surface area (TPSA) is 64.4 Å². The Labute approximate surface area is 106 Å². The zero-order valence-electron chi connectivity index (χ0n) is 8.94. The van der Waals surface area contributed by atoms with Crippen molar-refractivity contribution < 1.29 is 13.9 Å². The maximum atomic E-state index is 11.9. The smallest absolute Gasteiger partial charge is 0.260 e. The van der Waals surface area contributed by atoms with Gasteiger partial charge in [0.15, 0.2) is 4.67 Å². The van der Waals surface area contributed by atoms with E-state index in [1.54, 1.807) is 24.4 Å². The van der Waals surface area contributed by atoms with Crippen LogP contribution in [-0.2, 0) is 0 Å². The van der Waals surface area contributed by atoms with E-state index in [1.807, 2.05) is 0 Å². The number of furan rings is 1. The minimum absolute atomic E-state index is 0.295. The summed E-state index contributed by atoms with van der Waals surface area (Å²) in [6.07, 6.45) is 3.02. The van der Waals surface area contributed by atoms with Crippen LogP contribution in [0.25, 0.3) is 0 Å². The third-order valence-electron chi connectivity index (χ3n) is 2.08. The number of rotatable bonds is 3. The van der Waals surface area contributed by atoms with Crippen molar-refractivity contribution in [3.05, 3.63) is 40.9 Å². The van der Waals surface area contributed by atoms with Gasteiger partial charge in [0.1, 0.15) is 5.69 Å². The monoisotopic (exact) mass is 296 g/mol. The largest absolute Gasteiger partial charge is 0.480 e. The van der Waals surface area contributed by atoms with Crippen LogP contribution >= 0.6 is 15.9 Å². The minimum atomic E-state index is -0.295. The van der Waals surface area contributed by atoms with Gasteiger partial charge < -0.3 is 14.5 Å². The number of amides is 1. The molecule has 1 amide bonds. The first-order valence-electron chi connectivity index (χ1n) is 4.75. The fourth-order valence-electron chi connectivity index (χ4n) is 1.29. The van der Waals surface area contributed by atoms with E-state index in [0.717, 1.165) is 0 Å². The lowest BCUT2D eigenvalue weighted by Crippen LogP contribution is -2.12. The van der Waals surface area contributed by atoms with Crippen LogP contribution in [0.5, 0.6) is 5.88 Å². The summed E-state index contributed by atoms with van der Waals surface area (Å²) < 4.78 is 10.4. The maximum absolute atomic E-state index is 11.9. The number of methoxy groups -OCH3 is 1. The Morgan fingerprint density at radius 3 is 3.00 bits per heavy atom. The van der Waals surface area contributed by atoms with Gasteiger partial charge in [-0.3, -0.25) is 4.79 Å². The van der Waals surface area contributed by atoms with Crippen LogP contribution in [-0.4, -0.2) is 18.0 Å². The maximum Gasteiger partial charge on any atom is 0.260 e. The summed E-state index contributed by atoms with van der Waals surface area (Å²) in [5.74, 6) is 0.0670. The summed E-state index contributed by atoms with van der Waals surface area (Å²) in [6, 6.07) is 4.99. The summed E-state index contributed by atoms with van der Waals surface area (Å²) in [7, 11) is 1.49. The van der Waals surface area contributed by atoms with Gasteiger partial charge in [-0.05, 0) is 34.1 Å². The molecule has 0 aromatic carbocycles. The molecule has 1 N–H and O–H groups in total. The molecule has 2 heterocycles. The van der Waals surface area contributed by atoms with Crippen molar-refractivity contribution in [2.75, 3.05) is 12.4 Å². The van der Waals surface area contributed by atoms with Crippen LogP contribution in [0.2, 0.25) is 0 Å². The first-order chi connectivity index (χ1) is 8.22. The number of ether oxygens (including phenoxy) is 1. The number of hydrogen-bond donors (Lipinski definition) is 1. The zero-order chi connectivity index (χ0) is 12.3. The van der Waals surface area contributed by atoms with Crippen molar-refractivity contribution in [1.82, 2.24) is 4.98 Å². The van der Waals surface area contributed by atoms with Gasteiger partial charge in [0.25, 0.3) is 5.91 Å². The van der Waals surface area contributed by atoms with Gasteiger partial charge in [-0.2, -0.15) is 0 Å². The number of carbonyl (C=O) groups excluding carboxylic acids is 1. The van der Waals surface area contributed by atoms with E-state index in [4.69, 9.17) is 9.15 Å². The van der Waals surface area contributed by atoms with Gasteiger partial charge in [0.2, 0.25) is 5.88 Å². The summed E-state index contributed by atoms with van der Waals surface area (Å²) in [6.45, 7) is 0. The first-order valence-corrected chi connectivity index (χ1v) is 5.55. The molecule has 6 heteroatoms. The van der Waals surface area contributed by atoms with Crippen molar-refractivity contribution in [2.45, 2.75) is 0 Å². The Morgan fingerprint density at radius 1 is 1.53 bits per heavy atom. The van der Waals surface area contributed by atoms with Crippen LogP contribution in [0, 0.1) is 0 Å². The van der Waals surface area contributed by atoms with Gasteiger partial charge >= 0.3 is 0 Å². The Morgan fingerprint density at radius 2 is 2.35 bits per heavy atom. The number of nitrogens with one attached hydrogen (secondary N) is 1. The number of anilines is 1. The first kappa shape index (κ1) is 11.7. The Hall–Kier alpha value is -1.82. The molecular weight excluding hydrogens is 288 g/mol. The normalized spacial score (nSPS) is 10.0. The standard InChI is InChI=1S/C11H9BrN2O3/c1-16-11-8(3-2-5-13-11)14-10(15)7-4-6-17-9(7)12/h2-6H,1H3,(H,14,15). The van der Waals surface area contributed by atoms with Crippen molar-refractivity contribution >= 4 is 27.5 Å². The molecule has 2 aromatic heterocycles. The molecule has 0 spiro atoms. The predicted octanol–water partition coefficient (Wildman–Crippen LogP) is 2.70. The lowest BCUT2D eigenvalue weighted by molar-refractivity contribution is 0.102. The molecule has 0 aliphatic rings. The molecular formula is C11H9BrN2O3. The summed E-state index contributed by atoms with van der Waals surface area (Å²) >= 11 is 3.14. The average Bonchev–Trinajstić information content (AvgIpc) is 2.76. The average molecular weight is 297 g/mol. The van der Waals surface area contributed by atoms with Gasteiger partial charge in [0, 0.05) is 6.20 Å². The molecule has 0 aliphatic carbocycles. The second kappa shape index (κ2) is 5.01. The van der Waals surface area contributed by atoms with Crippen LogP contribution in [0.4, 0.5) is 5.69 Å². The summed E-state index contributed by atoms with van der Waals surface area (Å²) in [4.78, 5) is 15.9. The fraction of sp³-hybridized carbons (Fsp3) is 0.0909. The van der Waals surface area contributed by atoms with Gasteiger partial charge in [-0.15, -0.1) is 0 Å². The zero-order valence-corrected chi connectivity index (χ0v) is 10.5. The number of pyridine rings is 1. The minimum Gasteiger partial charge on any atom is -0.480 e. The molecule has 17 heavy (non-hydrogen) atoms. The van der Waals surface area contributed by atoms with Gasteiger partial charge in [-0.1, -0.05) is 0 Å². The van der Waals surface area contributed by atoms with Crippen molar-refractivity contribution in [2.24, 2.45) is 0 Å². The Balaban J connectivity index is 2.22. The Bertz CT molecular complexity index is 539. The van der Waals surface area contributed by atoms with E-state index in [1.165, 1.54) is 13.4 Å².